The van der Waals surface area contributed by atoms with Crippen molar-refractivity contribution in [2.45, 2.75) is 76.1 Å². The molecule has 0 radical (unpaired) electrons. The molecule has 1 aromatic heterocycles. The van der Waals surface area contributed by atoms with E-state index in [1.54, 1.807) is 13.0 Å². The molecule has 0 saturated heterocycles. The van der Waals surface area contributed by atoms with Crippen LogP contribution in [0.1, 0.15) is 84.8 Å². The van der Waals surface area contributed by atoms with Gasteiger partial charge in [0.1, 0.15) is 11.5 Å². The van der Waals surface area contributed by atoms with Crippen LogP contribution >= 0.6 is 0 Å². The van der Waals surface area contributed by atoms with Crippen molar-refractivity contribution in [1.82, 2.24) is 9.97 Å². The van der Waals surface area contributed by atoms with Crippen LogP contribution in [0.15, 0.2) is 42.6 Å². The van der Waals surface area contributed by atoms with Gasteiger partial charge in [-0.25, -0.2) is 14.8 Å². The van der Waals surface area contributed by atoms with Crippen molar-refractivity contribution in [1.29, 1.82) is 5.26 Å². The fourth-order valence-corrected chi connectivity index (χ4v) is 5.71. The molecule has 0 unspecified atom stereocenters. The fraction of sp³-hybridized carbons (Fsp3) is 0.441. The zero-order chi connectivity index (χ0) is 39.4. The van der Waals surface area contributed by atoms with Gasteiger partial charge in [-0.1, -0.05) is 6.92 Å². The van der Waals surface area contributed by atoms with Gasteiger partial charge < -0.3 is 19.9 Å². The molecule has 1 aliphatic rings. The average Bonchev–Trinajstić information content (AvgIpc) is 3.08. The number of hydrogen-bond acceptors (Lipinski definition) is 9. The molecule has 0 fully saturated rings. The molecule has 53 heavy (non-hydrogen) atoms. The Labute approximate surface area is 296 Å². The van der Waals surface area contributed by atoms with Crippen molar-refractivity contribution in [3.63, 3.8) is 0 Å². The molecule has 19 heteroatoms. The van der Waals surface area contributed by atoms with E-state index in [-0.39, 0.29) is 72.1 Å². The number of aromatic nitrogens is 2. The topological polar surface area (TPSA) is 141 Å². The van der Waals surface area contributed by atoms with Gasteiger partial charge in [0.2, 0.25) is 0 Å². The van der Waals surface area contributed by atoms with Crippen LogP contribution in [0, 0.1) is 11.3 Å². The third kappa shape index (κ3) is 10.1. The molecule has 4 rings (SSSR count). The number of halogens is 9. The third-order valence-electron chi connectivity index (χ3n) is 8.20. The number of anilines is 1. The lowest BCUT2D eigenvalue weighted by Gasteiger charge is -2.46. The van der Waals surface area contributed by atoms with Crippen LogP contribution in [0.4, 0.5) is 50.0 Å². The first kappa shape index (κ1) is 40.6. The van der Waals surface area contributed by atoms with Crippen LogP contribution in [0.25, 0.3) is 0 Å². The number of alkyl halides is 9. The van der Waals surface area contributed by atoms with Crippen LogP contribution in [0.5, 0.6) is 5.75 Å². The first-order valence-electron chi connectivity index (χ1n) is 16.0. The van der Waals surface area contributed by atoms with Crippen LogP contribution < -0.4 is 15.4 Å². The van der Waals surface area contributed by atoms with Gasteiger partial charge >= 0.3 is 30.6 Å². The van der Waals surface area contributed by atoms with Crippen molar-refractivity contribution in [3.8, 4) is 11.8 Å². The predicted molar refractivity (Wildman–Crippen MR) is 167 cm³/mol. The lowest BCUT2D eigenvalue weighted by molar-refractivity contribution is -0.160. The summed E-state index contributed by atoms with van der Waals surface area (Å²) in [6.45, 7) is 1.13. The number of nitrogens with two attached hydrogens (primary N) is 1. The minimum atomic E-state index is -4.93. The van der Waals surface area contributed by atoms with E-state index in [0.29, 0.717) is 23.1 Å². The molecule has 1 aliphatic heterocycles. The molecule has 1 amide bonds. The smallest absolute Gasteiger partial charge is 0.422 e. The molecular weight excluding hydrogens is 729 g/mol. The highest BCUT2D eigenvalue weighted by molar-refractivity contribution is 5.91. The summed E-state index contributed by atoms with van der Waals surface area (Å²) < 4.78 is 137. The molecule has 0 aliphatic carbocycles. The fourth-order valence-electron chi connectivity index (χ4n) is 5.71. The van der Waals surface area contributed by atoms with E-state index in [1.807, 2.05) is 0 Å². The van der Waals surface area contributed by atoms with E-state index in [0.717, 1.165) is 18.3 Å². The maximum atomic E-state index is 14.0. The summed E-state index contributed by atoms with van der Waals surface area (Å²) in [5.41, 5.74) is 1.43. The van der Waals surface area contributed by atoms with Gasteiger partial charge in [0.15, 0.2) is 12.4 Å². The Morgan fingerprint density at radius 1 is 1.00 bits per heavy atom. The van der Waals surface area contributed by atoms with E-state index in [1.165, 1.54) is 13.0 Å². The first-order valence-corrected chi connectivity index (χ1v) is 16.0. The number of nitriles is 1. The van der Waals surface area contributed by atoms with Crippen molar-refractivity contribution >= 4 is 17.7 Å². The summed E-state index contributed by atoms with van der Waals surface area (Å²) in [6, 6.07) is 6.43. The third-order valence-corrected chi connectivity index (χ3v) is 8.20. The Hall–Kier alpha value is -5.12. The summed E-state index contributed by atoms with van der Waals surface area (Å²) in [6.07, 6.45) is -16.0. The molecule has 286 valence electrons. The predicted octanol–water partition coefficient (Wildman–Crippen LogP) is 7.80. The summed E-state index contributed by atoms with van der Waals surface area (Å²) in [7, 11) is 0. The minimum Gasteiger partial charge on any atom is -0.490 e. The van der Waals surface area contributed by atoms with Gasteiger partial charge in [0, 0.05) is 18.8 Å². The molecular formula is C34H32F9N5O5. The Morgan fingerprint density at radius 3 is 2.30 bits per heavy atom. The second kappa shape index (κ2) is 15.9. The number of carbonyl (C=O) groups excluding carboxylic acids is 2. The van der Waals surface area contributed by atoms with Crippen LogP contribution in [-0.2, 0) is 33.0 Å². The highest BCUT2D eigenvalue weighted by atomic mass is 19.4. The van der Waals surface area contributed by atoms with Gasteiger partial charge in [-0.15, -0.1) is 0 Å². The number of nitrogens with zero attached hydrogens (tertiary/aromatic N) is 4. The summed E-state index contributed by atoms with van der Waals surface area (Å²) in [5, 5.41) is 9.40. The molecule has 2 atom stereocenters. The number of hydrogen-bond donors (Lipinski definition) is 1. The maximum absolute atomic E-state index is 14.0. The van der Waals surface area contributed by atoms with Crippen LogP contribution in [0.2, 0.25) is 0 Å². The molecule has 3 aromatic rings. The Bertz CT molecular complexity index is 1860. The highest BCUT2D eigenvalue weighted by Gasteiger charge is 2.48. The Kier molecular flexibility index (Phi) is 12.2. The minimum absolute atomic E-state index is 0.0406. The van der Waals surface area contributed by atoms with Gasteiger partial charge in [-0.2, -0.15) is 44.8 Å². The average molecular weight is 762 g/mol. The summed E-state index contributed by atoms with van der Waals surface area (Å²) >= 11 is 0. The first-order chi connectivity index (χ1) is 24.7. The number of carbonyl (C=O) groups is 2. The van der Waals surface area contributed by atoms with E-state index in [9.17, 15) is 54.4 Å². The van der Waals surface area contributed by atoms with E-state index >= 15 is 0 Å². The number of esters is 1. The van der Waals surface area contributed by atoms with Crippen LogP contribution in [-0.4, -0.2) is 53.7 Å². The normalized spacial score (nSPS) is 17.5. The Morgan fingerprint density at radius 2 is 1.70 bits per heavy atom. The highest BCUT2D eigenvalue weighted by Crippen LogP contribution is 2.47. The van der Waals surface area contributed by atoms with Gasteiger partial charge in [-0.05, 0) is 73.7 Å². The molecule has 2 N–H and O–H groups in total. The standard InChI is InChI=1S/C34H32F9N5O5/c1-3-31(45)15-24(23-14-21(33(38,39)40)7-8-26(23)48(31)30(50)53-18-32(35,36)37)29-46-17-27(52-9-5-6-28(49)51-4-2)25(47-29)13-19-10-20(16-44)12-22(11-19)34(41,42)43/h7-8,10-12,14,17,24H,3-6,9,13,15,18,45H2,1-2H3/t24-,31+/m0/s1. The van der Waals surface area contributed by atoms with Gasteiger partial charge in [0.05, 0.1) is 53.6 Å². The van der Waals surface area contributed by atoms with E-state index < -0.39 is 72.7 Å². The number of ether oxygens (including phenoxy) is 3. The second-order valence-corrected chi connectivity index (χ2v) is 12.0. The monoisotopic (exact) mass is 761 g/mol. The summed E-state index contributed by atoms with van der Waals surface area (Å²) in [4.78, 5) is 34.3. The number of fused-ring (bicyclic) bond motifs is 1. The zero-order valence-corrected chi connectivity index (χ0v) is 28.1. The lowest BCUT2D eigenvalue weighted by Crippen LogP contribution is -2.62. The number of benzene rings is 2. The summed E-state index contributed by atoms with van der Waals surface area (Å²) in [5.74, 6) is -2.04. The lowest BCUT2D eigenvalue weighted by atomic mass is 9.80. The molecule has 0 bridgehead atoms. The zero-order valence-electron chi connectivity index (χ0n) is 28.1. The van der Waals surface area contributed by atoms with Gasteiger partial charge in [0.25, 0.3) is 0 Å². The second-order valence-electron chi connectivity index (χ2n) is 12.0. The van der Waals surface area contributed by atoms with Gasteiger partial charge in [-0.3, -0.25) is 9.69 Å². The van der Waals surface area contributed by atoms with Crippen molar-refractivity contribution in [2.75, 3.05) is 24.7 Å². The molecule has 10 nitrogen and oxygen atoms in total. The largest absolute Gasteiger partial charge is 0.490 e. The number of amides is 1. The SMILES string of the molecule is CCOC(=O)CCCOc1cnc([C@H]2C[C@@](N)(CC)N(C(=O)OCC(F)(F)F)c3ccc(C(F)(F)F)cc32)nc1Cc1cc(C#N)cc(C(F)(F)F)c1. The van der Waals surface area contributed by atoms with E-state index in [2.05, 4.69) is 14.7 Å². The van der Waals surface area contributed by atoms with Crippen molar-refractivity contribution < 1.29 is 63.3 Å². The molecule has 2 heterocycles. The van der Waals surface area contributed by atoms with Crippen molar-refractivity contribution in [3.05, 3.63) is 81.9 Å². The number of rotatable bonds is 11. The van der Waals surface area contributed by atoms with Crippen LogP contribution in [0.3, 0.4) is 0 Å². The molecule has 0 saturated carbocycles. The van der Waals surface area contributed by atoms with E-state index in [4.69, 9.17) is 15.2 Å². The quantitative estimate of drug-likeness (QED) is 0.118. The van der Waals surface area contributed by atoms with Crippen molar-refractivity contribution in [2.24, 2.45) is 5.73 Å². The molecule has 0 spiro atoms. The Balaban J connectivity index is 1.85. The maximum Gasteiger partial charge on any atom is 0.422 e. The molecule has 2 aromatic carbocycles.